The largest absolute Gasteiger partial charge is 0.480 e. The quantitative estimate of drug-likeness (QED) is 0.804. The third kappa shape index (κ3) is 5.31. The van der Waals surface area contributed by atoms with Crippen molar-refractivity contribution in [3.8, 4) is 5.75 Å². The van der Waals surface area contributed by atoms with Gasteiger partial charge in [0.25, 0.3) is 5.56 Å². The molecule has 0 spiro atoms. The second kappa shape index (κ2) is 7.88. The van der Waals surface area contributed by atoms with Crippen molar-refractivity contribution in [2.75, 3.05) is 6.61 Å². The summed E-state index contributed by atoms with van der Waals surface area (Å²) in [6.45, 7) is 4.93. The molecule has 2 N–H and O–H groups in total. The van der Waals surface area contributed by atoms with Crippen LogP contribution in [0.3, 0.4) is 0 Å². The average molecular weight is 396 g/mol. The number of carbonyl (C=O) groups is 2. The van der Waals surface area contributed by atoms with Crippen molar-refractivity contribution in [3.05, 3.63) is 48.3 Å². The molecule has 0 aliphatic heterocycles. The van der Waals surface area contributed by atoms with Gasteiger partial charge < -0.3 is 14.8 Å². The van der Waals surface area contributed by atoms with Gasteiger partial charge in [-0.15, -0.1) is 11.3 Å². The third-order valence-corrected chi connectivity index (χ3v) is 4.55. The standard InChI is InChI=1S/C18H18ClNO5S/c1-18(2,3)14(21)8-15-20-17(24)13(26-15)7-10-4-5-12(11(19)6-10)25-9-16(22)23/h4-8H,9H2,1-3H3,(H,20,24)(H,22,23)/b13-7-,15-8+. The molecule has 0 fully saturated rings. The lowest BCUT2D eigenvalue weighted by Crippen LogP contribution is -2.22. The van der Waals surface area contributed by atoms with Crippen molar-refractivity contribution in [3.63, 3.8) is 0 Å². The zero-order valence-corrected chi connectivity index (χ0v) is 16.0. The summed E-state index contributed by atoms with van der Waals surface area (Å²) in [5, 5.41) is 8.86. The Morgan fingerprint density at radius 1 is 1.35 bits per heavy atom. The number of benzene rings is 1. The summed E-state index contributed by atoms with van der Waals surface area (Å²) in [4.78, 5) is 37.3. The molecule has 0 aliphatic carbocycles. The Morgan fingerprint density at radius 2 is 2.04 bits per heavy atom. The van der Waals surface area contributed by atoms with Crippen LogP contribution in [-0.2, 0) is 9.59 Å². The monoisotopic (exact) mass is 395 g/mol. The maximum Gasteiger partial charge on any atom is 0.341 e. The number of hydrogen-bond acceptors (Lipinski definition) is 5. The van der Waals surface area contributed by atoms with Gasteiger partial charge in [0.15, 0.2) is 12.4 Å². The van der Waals surface area contributed by atoms with Gasteiger partial charge in [-0.2, -0.15) is 0 Å². The molecule has 0 saturated heterocycles. The van der Waals surface area contributed by atoms with Gasteiger partial charge in [0, 0.05) is 11.5 Å². The van der Waals surface area contributed by atoms with E-state index in [0.29, 0.717) is 14.8 Å². The number of ether oxygens (including phenoxy) is 1. The average Bonchev–Trinajstić information content (AvgIpc) is 2.85. The molecule has 1 aromatic heterocycles. The second-order valence-corrected chi connectivity index (χ2v) is 8.05. The lowest BCUT2D eigenvalue weighted by Gasteiger charge is -2.12. The van der Waals surface area contributed by atoms with Crippen LogP contribution in [0.15, 0.2) is 23.0 Å². The number of carboxylic acid groups (broad SMARTS) is 1. The minimum Gasteiger partial charge on any atom is -0.480 e. The van der Waals surface area contributed by atoms with Crippen LogP contribution in [0.25, 0.3) is 12.2 Å². The maximum absolute atomic E-state index is 12.1. The first kappa shape index (κ1) is 19.9. The Hall–Kier alpha value is -2.38. The molecule has 0 unspecified atom stereocenters. The van der Waals surface area contributed by atoms with E-state index in [4.69, 9.17) is 21.4 Å². The molecule has 0 saturated carbocycles. The fourth-order valence-electron chi connectivity index (χ4n) is 1.87. The summed E-state index contributed by atoms with van der Waals surface area (Å²) in [5.74, 6) is -0.934. The topological polar surface area (TPSA) is 96.5 Å². The van der Waals surface area contributed by atoms with E-state index in [1.807, 2.05) is 0 Å². The molecule has 0 aliphatic rings. The Labute approximate surface area is 158 Å². The normalized spacial score (nSPS) is 13.1. The zero-order valence-electron chi connectivity index (χ0n) is 14.5. The first-order chi connectivity index (χ1) is 12.1. The maximum atomic E-state index is 12.1. The molecule has 0 radical (unpaired) electrons. The summed E-state index contributed by atoms with van der Waals surface area (Å²) >= 11 is 7.24. The highest BCUT2D eigenvalue weighted by Gasteiger charge is 2.18. The molecule has 26 heavy (non-hydrogen) atoms. The number of H-pyrrole nitrogens is 1. The Balaban J connectivity index is 2.35. The van der Waals surface area contributed by atoms with Crippen LogP contribution in [0.5, 0.6) is 5.75 Å². The Morgan fingerprint density at radius 3 is 2.62 bits per heavy atom. The highest BCUT2D eigenvalue weighted by molar-refractivity contribution is 7.07. The van der Waals surface area contributed by atoms with Gasteiger partial charge in [0.05, 0.1) is 14.2 Å². The van der Waals surface area contributed by atoms with Crippen molar-refractivity contribution >= 4 is 46.8 Å². The van der Waals surface area contributed by atoms with E-state index >= 15 is 0 Å². The molecule has 1 heterocycles. The number of nitrogens with one attached hydrogen (secondary N) is 1. The first-order valence-electron chi connectivity index (χ1n) is 7.67. The highest BCUT2D eigenvalue weighted by atomic mass is 35.5. The number of halogens is 1. The van der Waals surface area contributed by atoms with Crippen molar-refractivity contribution in [2.24, 2.45) is 5.41 Å². The fraction of sp³-hybridized carbons (Fsp3) is 0.278. The molecule has 0 amide bonds. The predicted molar refractivity (Wildman–Crippen MR) is 101 cm³/mol. The van der Waals surface area contributed by atoms with E-state index in [0.717, 1.165) is 0 Å². The number of carboxylic acids is 1. The van der Waals surface area contributed by atoms with Gasteiger partial charge in [0.2, 0.25) is 0 Å². The zero-order chi connectivity index (χ0) is 19.5. The van der Waals surface area contributed by atoms with Crippen LogP contribution in [0.2, 0.25) is 5.02 Å². The van der Waals surface area contributed by atoms with E-state index in [2.05, 4.69) is 4.98 Å². The molecule has 6 nitrogen and oxygen atoms in total. The number of aliphatic carboxylic acids is 1. The van der Waals surface area contributed by atoms with E-state index in [1.54, 1.807) is 39.0 Å². The van der Waals surface area contributed by atoms with E-state index < -0.39 is 18.0 Å². The number of Topliss-reactive ketones (excluding diaryl/α,β-unsaturated/α-hetero) is 1. The summed E-state index contributed by atoms with van der Waals surface area (Å²) in [6.07, 6.45) is 3.06. The molecule has 0 atom stereocenters. The van der Waals surface area contributed by atoms with Gasteiger partial charge >= 0.3 is 5.97 Å². The number of rotatable bonds is 5. The van der Waals surface area contributed by atoms with Crippen LogP contribution in [0, 0.1) is 5.41 Å². The molecule has 1 aromatic carbocycles. The smallest absolute Gasteiger partial charge is 0.341 e. The van der Waals surface area contributed by atoms with E-state index in [9.17, 15) is 14.4 Å². The number of ketones is 1. The molecule has 138 valence electrons. The molecule has 0 bridgehead atoms. The van der Waals surface area contributed by atoms with Crippen LogP contribution in [-0.4, -0.2) is 28.4 Å². The van der Waals surface area contributed by atoms with Crippen LogP contribution in [0.1, 0.15) is 26.3 Å². The van der Waals surface area contributed by atoms with Gasteiger partial charge in [-0.1, -0.05) is 38.4 Å². The Kier molecular flexibility index (Phi) is 6.05. The van der Waals surface area contributed by atoms with Crippen molar-refractivity contribution in [1.82, 2.24) is 4.98 Å². The summed E-state index contributed by atoms with van der Waals surface area (Å²) in [6, 6.07) is 4.77. The highest BCUT2D eigenvalue weighted by Crippen LogP contribution is 2.25. The van der Waals surface area contributed by atoms with Crippen LogP contribution >= 0.6 is 22.9 Å². The fourth-order valence-corrected chi connectivity index (χ4v) is 3.00. The van der Waals surface area contributed by atoms with Gasteiger partial charge in [-0.3, -0.25) is 9.59 Å². The molecular formula is C18H18ClNO5S. The van der Waals surface area contributed by atoms with Gasteiger partial charge in [0.1, 0.15) is 5.75 Å². The second-order valence-electron chi connectivity index (χ2n) is 6.56. The number of aromatic amines is 1. The third-order valence-electron chi connectivity index (χ3n) is 3.29. The number of carbonyl (C=O) groups excluding carboxylic acids is 1. The van der Waals surface area contributed by atoms with E-state index in [1.165, 1.54) is 23.5 Å². The van der Waals surface area contributed by atoms with Crippen molar-refractivity contribution in [1.29, 1.82) is 0 Å². The van der Waals surface area contributed by atoms with E-state index in [-0.39, 0.29) is 22.1 Å². The van der Waals surface area contributed by atoms with Gasteiger partial charge in [-0.25, -0.2) is 4.79 Å². The van der Waals surface area contributed by atoms with Crippen molar-refractivity contribution in [2.45, 2.75) is 20.8 Å². The van der Waals surface area contributed by atoms with Crippen molar-refractivity contribution < 1.29 is 19.4 Å². The number of hydrogen-bond donors (Lipinski definition) is 2. The summed E-state index contributed by atoms with van der Waals surface area (Å²) in [7, 11) is 0. The van der Waals surface area contributed by atoms with Crippen LogP contribution < -0.4 is 19.5 Å². The number of thiazole rings is 1. The molecular weight excluding hydrogens is 378 g/mol. The lowest BCUT2D eigenvalue weighted by atomic mass is 9.91. The number of aromatic nitrogens is 1. The van der Waals surface area contributed by atoms with Gasteiger partial charge in [-0.05, 0) is 23.8 Å². The molecule has 8 heteroatoms. The molecule has 2 aromatic rings. The predicted octanol–water partition coefficient (Wildman–Crippen LogP) is 1.78. The minimum atomic E-state index is -1.10. The molecule has 2 rings (SSSR count). The van der Waals surface area contributed by atoms with Crippen LogP contribution in [0.4, 0.5) is 0 Å². The summed E-state index contributed by atoms with van der Waals surface area (Å²) in [5.41, 5.74) is -0.173. The lowest BCUT2D eigenvalue weighted by molar-refractivity contribution is -0.139. The summed E-state index contributed by atoms with van der Waals surface area (Å²) < 4.78 is 5.96. The Bertz CT molecular complexity index is 1010. The first-order valence-corrected chi connectivity index (χ1v) is 8.87. The minimum absolute atomic E-state index is 0.0791. The SMILES string of the molecule is CC(C)(C)C(=O)/C=c1\[nH]c(=O)/c(=C/c2ccc(OCC(=O)O)c(Cl)c2)s1.